The van der Waals surface area contributed by atoms with Gasteiger partial charge in [0.25, 0.3) is 0 Å². The highest BCUT2D eigenvalue weighted by molar-refractivity contribution is 5.89. The normalized spacial score (nSPS) is 16.4. The van der Waals surface area contributed by atoms with Crippen LogP contribution in [0.1, 0.15) is 0 Å². The molecule has 1 fully saturated rings. The van der Waals surface area contributed by atoms with Gasteiger partial charge >= 0.3 is 0 Å². The van der Waals surface area contributed by atoms with Crippen LogP contribution >= 0.6 is 0 Å². The van der Waals surface area contributed by atoms with Crippen molar-refractivity contribution in [2.75, 3.05) is 38.2 Å². The Morgan fingerprint density at radius 1 is 1.35 bits per heavy atom. The second-order valence-corrected chi connectivity index (χ2v) is 4.11. The van der Waals surface area contributed by atoms with E-state index in [0.29, 0.717) is 0 Å². The lowest BCUT2D eigenvalue weighted by Gasteiger charge is -2.26. The molecule has 5 nitrogen and oxygen atoms in total. The largest absolute Gasteiger partial charge is 0.497 e. The van der Waals surface area contributed by atoms with Crippen LogP contribution in [-0.4, -0.2) is 38.4 Å². The Kier molecular flexibility index (Phi) is 2.60. The molecule has 3 rings (SSSR count). The molecular weight excluding hydrogens is 218 g/mol. The number of nitrogens with zero attached hydrogens (tertiary/aromatic N) is 2. The quantitative estimate of drug-likeness (QED) is 0.846. The number of hydrogen-bond donors (Lipinski definition) is 1. The Labute approximate surface area is 99.3 Å². The molecular formula is C12H15N3O2. The number of ether oxygens (including phenoxy) is 1. The van der Waals surface area contributed by atoms with Crippen LogP contribution in [0.15, 0.2) is 22.7 Å². The molecule has 1 N–H and O–H groups in total. The van der Waals surface area contributed by atoms with Gasteiger partial charge in [-0.25, -0.2) is 0 Å². The van der Waals surface area contributed by atoms with Crippen molar-refractivity contribution in [2.45, 2.75) is 0 Å². The van der Waals surface area contributed by atoms with E-state index < -0.39 is 0 Å². The maximum atomic E-state index is 5.35. The number of benzene rings is 1. The highest BCUT2D eigenvalue weighted by Crippen LogP contribution is 2.29. The molecule has 0 unspecified atom stereocenters. The highest BCUT2D eigenvalue weighted by Gasteiger charge is 2.17. The zero-order chi connectivity index (χ0) is 11.7. The molecule has 0 bridgehead atoms. The fourth-order valence-electron chi connectivity index (χ4n) is 2.14. The predicted molar refractivity (Wildman–Crippen MR) is 65.6 cm³/mol. The molecule has 0 saturated carbocycles. The number of hydrogen-bond acceptors (Lipinski definition) is 5. The maximum Gasteiger partial charge on any atom is 0.180 e. The van der Waals surface area contributed by atoms with Gasteiger partial charge in [0, 0.05) is 32.2 Å². The molecule has 1 aromatic carbocycles. The molecule has 1 saturated heterocycles. The number of rotatable bonds is 2. The number of nitrogens with one attached hydrogen (secondary N) is 1. The van der Waals surface area contributed by atoms with Gasteiger partial charge in [0.15, 0.2) is 11.4 Å². The lowest BCUT2D eigenvalue weighted by Crippen LogP contribution is -2.43. The zero-order valence-corrected chi connectivity index (χ0v) is 9.77. The van der Waals surface area contributed by atoms with Crippen molar-refractivity contribution in [2.24, 2.45) is 0 Å². The monoisotopic (exact) mass is 233 g/mol. The van der Waals surface area contributed by atoms with Crippen molar-refractivity contribution in [3.63, 3.8) is 0 Å². The van der Waals surface area contributed by atoms with Crippen LogP contribution in [0.3, 0.4) is 0 Å². The molecule has 5 heteroatoms. The van der Waals surface area contributed by atoms with E-state index in [9.17, 15) is 0 Å². The lowest BCUT2D eigenvalue weighted by atomic mass is 10.2. The van der Waals surface area contributed by atoms with Crippen LogP contribution in [0, 0.1) is 0 Å². The standard InChI is InChI=1S/C12H15N3O2/c1-16-9-2-3-10-11(8-9)17-14-12(10)15-6-4-13-5-7-15/h2-3,8,13H,4-7H2,1H3. The predicted octanol–water partition coefficient (Wildman–Crippen LogP) is 1.25. The molecule has 0 atom stereocenters. The second-order valence-electron chi connectivity index (χ2n) is 4.11. The van der Waals surface area contributed by atoms with Gasteiger partial charge in [-0.05, 0) is 12.1 Å². The van der Waals surface area contributed by atoms with E-state index in [1.165, 1.54) is 0 Å². The first-order valence-electron chi connectivity index (χ1n) is 5.77. The lowest BCUT2D eigenvalue weighted by molar-refractivity contribution is 0.411. The minimum Gasteiger partial charge on any atom is -0.497 e. The van der Waals surface area contributed by atoms with E-state index in [4.69, 9.17) is 9.26 Å². The van der Waals surface area contributed by atoms with Crippen LogP contribution in [-0.2, 0) is 0 Å². The maximum absolute atomic E-state index is 5.35. The van der Waals surface area contributed by atoms with Crippen molar-refractivity contribution in [1.29, 1.82) is 0 Å². The highest BCUT2D eigenvalue weighted by atomic mass is 16.5. The summed E-state index contributed by atoms with van der Waals surface area (Å²) in [4.78, 5) is 2.24. The summed E-state index contributed by atoms with van der Waals surface area (Å²) >= 11 is 0. The fraction of sp³-hybridized carbons (Fsp3) is 0.417. The SMILES string of the molecule is COc1ccc2c(N3CCNCC3)noc2c1. The molecule has 90 valence electrons. The van der Waals surface area contributed by atoms with E-state index in [2.05, 4.69) is 15.4 Å². The minimum atomic E-state index is 0.776. The van der Waals surface area contributed by atoms with E-state index >= 15 is 0 Å². The topological polar surface area (TPSA) is 50.5 Å². The summed E-state index contributed by atoms with van der Waals surface area (Å²) in [7, 11) is 1.65. The van der Waals surface area contributed by atoms with Crippen LogP contribution in [0.25, 0.3) is 11.0 Å². The summed E-state index contributed by atoms with van der Waals surface area (Å²) in [6.07, 6.45) is 0. The smallest absolute Gasteiger partial charge is 0.180 e. The van der Waals surface area contributed by atoms with Gasteiger partial charge in [-0.15, -0.1) is 0 Å². The van der Waals surface area contributed by atoms with Gasteiger partial charge in [0.2, 0.25) is 0 Å². The van der Waals surface area contributed by atoms with Crippen molar-refractivity contribution in [3.05, 3.63) is 18.2 Å². The molecule has 0 spiro atoms. The van der Waals surface area contributed by atoms with Crippen molar-refractivity contribution in [1.82, 2.24) is 10.5 Å². The summed E-state index contributed by atoms with van der Waals surface area (Å²) in [5.74, 6) is 1.73. The first kappa shape index (κ1) is 10.4. The first-order chi connectivity index (χ1) is 8.38. The van der Waals surface area contributed by atoms with E-state index in [1.807, 2.05) is 18.2 Å². The molecule has 0 radical (unpaired) electrons. The molecule has 0 amide bonds. The summed E-state index contributed by atoms with van der Waals surface area (Å²) in [6.45, 7) is 3.91. The van der Waals surface area contributed by atoms with Crippen LogP contribution in [0.2, 0.25) is 0 Å². The number of piperazine rings is 1. The molecule has 1 aliphatic rings. The third-order valence-corrected chi connectivity index (χ3v) is 3.08. The molecule has 1 aromatic heterocycles. The molecule has 17 heavy (non-hydrogen) atoms. The molecule has 2 heterocycles. The van der Waals surface area contributed by atoms with Crippen molar-refractivity contribution in [3.8, 4) is 5.75 Å². The number of methoxy groups -OCH3 is 1. The minimum absolute atomic E-state index is 0.776. The van der Waals surface area contributed by atoms with Gasteiger partial charge in [-0.3, -0.25) is 0 Å². The Hall–Kier alpha value is -1.75. The van der Waals surface area contributed by atoms with Gasteiger partial charge < -0.3 is 19.5 Å². The summed E-state index contributed by atoms with van der Waals surface area (Å²) in [5, 5.41) is 8.53. The number of anilines is 1. The first-order valence-corrected chi connectivity index (χ1v) is 5.77. The van der Waals surface area contributed by atoms with Crippen LogP contribution in [0.4, 0.5) is 5.82 Å². The van der Waals surface area contributed by atoms with Gasteiger partial charge in [0.05, 0.1) is 12.5 Å². The molecule has 0 aliphatic carbocycles. The van der Waals surface area contributed by atoms with Crippen molar-refractivity contribution < 1.29 is 9.26 Å². The molecule has 1 aliphatic heterocycles. The van der Waals surface area contributed by atoms with Crippen molar-refractivity contribution >= 4 is 16.8 Å². The number of fused-ring (bicyclic) bond motifs is 1. The summed E-state index contributed by atoms with van der Waals surface area (Å²) in [5.41, 5.74) is 0.776. The van der Waals surface area contributed by atoms with Gasteiger partial charge in [-0.1, -0.05) is 5.16 Å². The average molecular weight is 233 g/mol. The Morgan fingerprint density at radius 3 is 2.94 bits per heavy atom. The van der Waals surface area contributed by atoms with Crippen LogP contribution in [0.5, 0.6) is 5.75 Å². The fourth-order valence-corrected chi connectivity index (χ4v) is 2.14. The number of aromatic nitrogens is 1. The van der Waals surface area contributed by atoms with Gasteiger partial charge in [0.1, 0.15) is 5.75 Å². The molecule has 2 aromatic rings. The van der Waals surface area contributed by atoms with Crippen LogP contribution < -0.4 is 15.0 Å². The van der Waals surface area contributed by atoms with Gasteiger partial charge in [-0.2, -0.15) is 0 Å². The van der Waals surface area contributed by atoms with E-state index in [0.717, 1.165) is 48.7 Å². The zero-order valence-electron chi connectivity index (χ0n) is 9.77. The average Bonchev–Trinajstić information content (AvgIpc) is 2.82. The Bertz CT molecular complexity index is 517. The van der Waals surface area contributed by atoms with E-state index in [1.54, 1.807) is 7.11 Å². The summed E-state index contributed by atoms with van der Waals surface area (Å²) < 4.78 is 10.5. The Balaban J connectivity index is 1.99. The third kappa shape index (κ3) is 1.82. The second kappa shape index (κ2) is 4.25. The summed E-state index contributed by atoms with van der Waals surface area (Å²) in [6, 6.07) is 5.81. The third-order valence-electron chi connectivity index (χ3n) is 3.08. The Morgan fingerprint density at radius 2 is 2.18 bits per heavy atom. The van der Waals surface area contributed by atoms with E-state index in [-0.39, 0.29) is 0 Å².